The first kappa shape index (κ1) is 23.0. The molecule has 0 aliphatic heterocycles. The van der Waals surface area contributed by atoms with Crippen LogP contribution >= 0.6 is 46.9 Å². The SMILES string of the molecule is COC(=O)c1c(SCc2ccc(C)cc2)nc(SC)nc1SCc1ccc(Cl)cc1. The van der Waals surface area contributed by atoms with Gasteiger partial charge >= 0.3 is 5.97 Å². The second-order valence-electron chi connectivity index (χ2n) is 6.38. The van der Waals surface area contributed by atoms with E-state index in [4.69, 9.17) is 16.3 Å². The Kier molecular flexibility index (Phi) is 8.50. The van der Waals surface area contributed by atoms with E-state index < -0.39 is 5.97 Å². The summed E-state index contributed by atoms with van der Waals surface area (Å²) in [5.74, 6) is 0.942. The molecule has 0 aliphatic rings. The molecule has 0 amide bonds. The van der Waals surface area contributed by atoms with Crippen LogP contribution in [0, 0.1) is 6.92 Å². The monoisotopic (exact) mass is 476 g/mol. The fraction of sp³-hybridized carbons (Fsp3) is 0.227. The number of rotatable bonds is 8. The van der Waals surface area contributed by atoms with Crippen LogP contribution in [0.3, 0.4) is 0 Å². The molecule has 8 heteroatoms. The number of halogens is 1. The maximum absolute atomic E-state index is 12.6. The van der Waals surface area contributed by atoms with Gasteiger partial charge in [-0.1, -0.05) is 65.3 Å². The van der Waals surface area contributed by atoms with Gasteiger partial charge in [0.1, 0.15) is 15.6 Å². The Hall–Kier alpha value is -1.67. The van der Waals surface area contributed by atoms with Gasteiger partial charge < -0.3 is 4.74 Å². The Morgan fingerprint density at radius 2 is 1.43 bits per heavy atom. The van der Waals surface area contributed by atoms with Crippen LogP contribution in [0.2, 0.25) is 5.02 Å². The Morgan fingerprint density at radius 1 is 0.933 bits per heavy atom. The van der Waals surface area contributed by atoms with Gasteiger partial charge in [0.15, 0.2) is 5.16 Å². The molecule has 0 spiro atoms. The van der Waals surface area contributed by atoms with Gasteiger partial charge in [-0.15, -0.1) is 23.5 Å². The van der Waals surface area contributed by atoms with E-state index in [-0.39, 0.29) is 0 Å². The van der Waals surface area contributed by atoms with Crippen LogP contribution in [0.4, 0.5) is 0 Å². The zero-order valence-electron chi connectivity index (χ0n) is 16.8. The first-order valence-corrected chi connectivity index (χ1v) is 12.7. The molecule has 0 atom stereocenters. The third-order valence-electron chi connectivity index (χ3n) is 4.18. The van der Waals surface area contributed by atoms with Crippen molar-refractivity contribution in [2.75, 3.05) is 13.4 Å². The highest BCUT2D eigenvalue weighted by atomic mass is 35.5. The summed E-state index contributed by atoms with van der Waals surface area (Å²) in [6, 6.07) is 16.0. The molecule has 2 aromatic carbocycles. The van der Waals surface area contributed by atoms with Gasteiger partial charge in [-0.05, 0) is 36.4 Å². The van der Waals surface area contributed by atoms with Gasteiger partial charge in [0, 0.05) is 16.5 Å². The first-order valence-electron chi connectivity index (χ1n) is 9.10. The average Bonchev–Trinajstić information content (AvgIpc) is 2.77. The molecule has 0 N–H and O–H groups in total. The molecule has 0 saturated heterocycles. The smallest absolute Gasteiger partial charge is 0.343 e. The summed E-state index contributed by atoms with van der Waals surface area (Å²) < 4.78 is 5.06. The molecule has 3 aromatic rings. The lowest BCUT2D eigenvalue weighted by Gasteiger charge is -2.13. The third kappa shape index (κ3) is 6.17. The average molecular weight is 477 g/mol. The van der Waals surface area contributed by atoms with Gasteiger partial charge in [0.25, 0.3) is 0 Å². The minimum atomic E-state index is -0.423. The van der Waals surface area contributed by atoms with Crippen molar-refractivity contribution in [1.82, 2.24) is 9.97 Å². The summed E-state index contributed by atoms with van der Waals surface area (Å²) in [5, 5.41) is 2.59. The zero-order valence-corrected chi connectivity index (χ0v) is 20.1. The molecule has 156 valence electrons. The van der Waals surface area contributed by atoms with E-state index in [2.05, 4.69) is 41.2 Å². The van der Waals surface area contributed by atoms with Crippen molar-refractivity contribution in [3.63, 3.8) is 0 Å². The van der Waals surface area contributed by atoms with E-state index in [1.54, 1.807) is 0 Å². The summed E-state index contributed by atoms with van der Waals surface area (Å²) >= 11 is 10.4. The largest absolute Gasteiger partial charge is 0.465 e. The van der Waals surface area contributed by atoms with Crippen molar-refractivity contribution in [1.29, 1.82) is 0 Å². The van der Waals surface area contributed by atoms with Gasteiger partial charge in [-0.3, -0.25) is 0 Å². The second kappa shape index (κ2) is 11.1. The van der Waals surface area contributed by atoms with E-state index in [0.717, 1.165) is 5.56 Å². The van der Waals surface area contributed by atoms with Crippen LogP contribution < -0.4 is 0 Å². The number of thioether (sulfide) groups is 3. The summed E-state index contributed by atoms with van der Waals surface area (Å²) in [5.41, 5.74) is 3.90. The van der Waals surface area contributed by atoms with E-state index in [0.29, 0.717) is 37.3 Å². The summed E-state index contributed by atoms with van der Waals surface area (Å²) in [4.78, 5) is 21.8. The summed E-state index contributed by atoms with van der Waals surface area (Å²) in [6.07, 6.45) is 1.93. The van der Waals surface area contributed by atoms with Crippen molar-refractivity contribution < 1.29 is 9.53 Å². The van der Waals surface area contributed by atoms with E-state index in [1.165, 1.54) is 53.5 Å². The lowest BCUT2D eigenvalue weighted by atomic mass is 10.2. The van der Waals surface area contributed by atoms with E-state index in [1.807, 2.05) is 30.5 Å². The molecule has 0 bridgehead atoms. The molecule has 3 rings (SSSR count). The fourth-order valence-electron chi connectivity index (χ4n) is 2.55. The lowest BCUT2D eigenvalue weighted by molar-refractivity contribution is 0.0590. The van der Waals surface area contributed by atoms with Crippen LogP contribution in [0.1, 0.15) is 27.0 Å². The number of ether oxygens (including phenoxy) is 1. The molecule has 0 unspecified atom stereocenters. The number of carbonyl (C=O) groups excluding carboxylic acids is 1. The minimum Gasteiger partial charge on any atom is -0.465 e. The Morgan fingerprint density at radius 3 is 1.90 bits per heavy atom. The Balaban J connectivity index is 1.89. The van der Waals surface area contributed by atoms with Crippen LogP contribution in [0.15, 0.2) is 63.7 Å². The number of carbonyl (C=O) groups is 1. The summed E-state index contributed by atoms with van der Waals surface area (Å²) in [7, 11) is 1.38. The molecule has 0 aliphatic carbocycles. The highest BCUT2D eigenvalue weighted by Crippen LogP contribution is 2.34. The number of benzene rings is 2. The number of nitrogens with zero attached hydrogens (tertiary/aromatic N) is 2. The molecule has 4 nitrogen and oxygen atoms in total. The maximum atomic E-state index is 12.6. The van der Waals surface area contributed by atoms with Crippen LogP contribution in [-0.2, 0) is 16.2 Å². The fourth-order valence-corrected chi connectivity index (χ4v) is 5.16. The minimum absolute atomic E-state index is 0.423. The number of aromatic nitrogens is 2. The van der Waals surface area contributed by atoms with Crippen molar-refractivity contribution in [2.24, 2.45) is 0 Å². The predicted octanol–water partition coefficient (Wildman–Crippen LogP) is 6.53. The van der Waals surface area contributed by atoms with Crippen LogP contribution in [0.25, 0.3) is 0 Å². The van der Waals surface area contributed by atoms with Crippen molar-refractivity contribution in [2.45, 2.75) is 33.6 Å². The van der Waals surface area contributed by atoms with Gasteiger partial charge in [-0.2, -0.15) is 0 Å². The summed E-state index contributed by atoms with van der Waals surface area (Å²) in [6.45, 7) is 2.06. The number of hydrogen-bond donors (Lipinski definition) is 0. The number of esters is 1. The second-order valence-corrected chi connectivity index (χ2v) is 9.51. The van der Waals surface area contributed by atoms with Crippen molar-refractivity contribution >= 4 is 52.9 Å². The predicted molar refractivity (Wildman–Crippen MR) is 127 cm³/mol. The normalized spacial score (nSPS) is 10.8. The Labute approximate surface area is 194 Å². The van der Waals surface area contributed by atoms with Crippen molar-refractivity contribution in [3.8, 4) is 0 Å². The van der Waals surface area contributed by atoms with Crippen molar-refractivity contribution in [3.05, 3.63) is 75.8 Å². The van der Waals surface area contributed by atoms with E-state index >= 15 is 0 Å². The van der Waals surface area contributed by atoms with Gasteiger partial charge in [-0.25, -0.2) is 14.8 Å². The maximum Gasteiger partial charge on any atom is 0.343 e. The molecule has 30 heavy (non-hydrogen) atoms. The molecule has 0 radical (unpaired) electrons. The first-order chi connectivity index (χ1) is 14.5. The zero-order chi connectivity index (χ0) is 21.5. The topological polar surface area (TPSA) is 52.1 Å². The molecular weight excluding hydrogens is 456 g/mol. The molecular formula is C22H21ClN2O2S3. The lowest BCUT2D eigenvalue weighted by Crippen LogP contribution is -2.10. The van der Waals surface area contributed by atoms with Gasteiger partial charge in [0.05, 0.1) is 7.11 Å². The van der Waals surface area contributed by atoms with E-state index in [9.17, 15) is 4.79 Å². The number of hydrogen-bond acceptors (Lipinski definition) is 7. The van der Waals surface area contributed by atoms with Gasteiger partial charge in [0.2, 0.25) is 0 Å². The molecule has 1 heterocycles. The molecule has 0 fully saturated rings. The third-order valence-corrected chi connectivity index (χ3v) is 7.07. The quantitative estimate of drug-likeness (QED) is 0.158. The molecule has 0 saturated carbocycles. The van der Waals surface area contributed by atoms with Crippen LogP contribution in [-0.4, -0.2) is 29.3 Å². The number of aryl methyl sites for hydroxylation is 1. The highest BCUT2D eigenvalue weighted by Gasteiger charge is 2.22. The Bertz CT molecular complexity index is 941. The highest BCUT2D eigenvalue weighted by molar-refractivity contribution is 7.99. The number of methoxy groups -OCH3 is 1. The molecule has 1 aromatic heterocycles. The van der Waals surface area contributed by atoms with Crippen LogP contribution in [0.5, 0.6) is 0 Å². The standard InChI is InChI=1S/C22H21ClN2O2S3/c1-14-4-6-15(7-5-14)12-29-19-18(21(26)27-2)20(25-22(24-19)28-3)30-13-16-8-10-17(23)11-9-16/h4-11H,12-13H2,1-3H3.